The minimum absolute atomic E-state index is 0.127. The third-order valence-corrected chi connectivity index (χ3v) is 2.55. The van der Waals surface area contributed by atoms with E-state index in [1.165, 1.54) is 25.1 Å². The van der Waals surface area contributed by atoms with E-state index in [4.69, 9.17) is 5.11 Å². The first-order valence-corrected chi connectivity index (χ1v) is 4.43. The van der Waals surface area contributed by atoms with Crippen molar-refractivity contribution in [1.29, 1.82) is 0 Å². The number of rotatable bonds is 2. The van der Waals surface area contributed by atoms with Crippen molar-refractivity contribution < 1.29 is 14.3 Å². The molecule has 1 rings (SSSR count). The normalized spacial score (nSPS) is 15.0. The second kappa shape index (κ2) is 3.46. The summed E-state index contributed by atoms with van der Waals surface area (Å²) in [6.07, 6.45) is 0. The van der Waals surface area contributed by atoms with Crippen molar-refractivity contribution in [3.8, 4) is 0 Å². The largest absolute Gasteiger partial charge is 0.480 e. The first-order chi connectivity index (χ1) is 5.96. The molecule has 1 aromatic carbocycles. The summed E-state index contributed by atoms with van der Waals surface area (Å²) in [6, 6.07) is 5.79. The van der Waals surface area contributed by atoms with Crippen LogP contribution in [0.3, 0.4) is 0 Å². The predicted molar refractivity (Wildman–Crippen MR) is 50.3 cm³/mol. The van der Waals surface area contributed by atoms with Gasteiger partial charge in [0.15, 0.2) is 0 Å². The maximum absolute atomic E-state index is 13.2. The summed E-state index contributed by atoms with van der Waals surface area (Å²) in [5.41, 5.74) is 0.127. The minimum atomic E-state index is -1.36. The van der Waals surface area contributed by atoms with Gasteiger partial charge in [-0.2, -0.15) is 0 Å². The van der Waals surface area contributed by atoms with E-state index < -0.39 is 16.1 Å². The fourth-order valence-corrected chi connectivity index (χ4v) is 1.28. The van der Waals surface area contributed by atoms with Crippen LogP contribution in [0.25, 0.3) is 0 Å². The summed E-state index contributed by atoms with van der Waals surface area (Å²) in [5, 5.41) is 8.81. The zero-order valence-corrected chi connectivity index (χ0v) is 8.51. The SMILES string of the molecule is CC(Br)(C(=O)O)c1ccccc1F. The van der Waals surface area contributed by atoms with E-state index in [2.05, 4.69) is 15.9 Å². The molecule has 1 N–H and O–H groups in total. The van der Waals surface area contributed by atoms with Crippen LogP contribution in [-0.2, 0) is 9.12 Å². The van der Waals surface area contributed by atoms with Gasteiger partial charge in [0, 0.05) is 5.56 Å². The van der Waals surface area contributed by atoms with Crippen molar-refractivity contribution in [1.82, 2.24) is 0 Å². The van der Waals surface area contributed by atoms with Gasteiger partial charge in [-0.25, -0.2) is 4.39 Å². The maximum Gasteiger partial charge on any atom is 0.324 e. The third kappa shape index (κ3) is 1.88. The van der Waals surface area contributed by atoms with Crippen LogP contribution >= 0.6 is 15.9 Å². The smallest absolute Gasteiger partial charge is 0.324 e. The lowest BCUT2D eigenvalue weighted by Crippen LogP contribution is -2.26. The minimum Gasteiger partial charge on any atom is -0.480 e. The molecule has 1 unspecified atom stereocenters. The topological polar surface area (TPSA) is 37.3 Å². The molecule has 0 saturated heterocycles. The lowest BCUT2D eigenvalue weighted by molar-refractivity contribution is -0.139. The first kappa shape index (κ1) is 10.2. The highest BCUT2D eigenvalue weighted by atomic mass is 79.9. The van der Waals surface area contributed by atoms with Crippen LogP contribution in [-0.4, -0.2) is 11.1 Å². The molecule has 0 fully saturated rings. The number of benzene rings is 1. The molecule has 0 amide bonds. The number of carbonyl (C=O) groups is 1. The Labute approximate surface area is 83.5 Å². The van der Waals surface area contributed by atoms with Crippen LogP contribution in [0.5, 0.6) is 0 Å². The second-order valence-electron chi connectivity index (χ2n) is 2.79. The van der Waals surface area contributed by atoms with E-state index in [-0.39, 0.29) is 5.56 Å². The molecule has 0 aliphatic heterocycles. The Morgan fingerprint density at radius 1 is 1.54 bits per heavy atom. The van der Waals surface area contributed by atoms with Gasteiger partial charge in [0.25, 0.3) is 0 Å². The van der Waals surface area contributed by atoms with Crippen molar-refractivity contribution in [2.45, 2.75) is 11.2 Å². The molecule has 70 valence electrons. The van der Waals surface area contributed by atoms with E-state index in [9.17, 15) is 9.18 Å². The van der Waals surface area contributed by atoms with Gasteiger partial charge >= 0.3 is 5.97 Å². The van der Waals surface area contributed by atoms with Crippen LogP contribution in [0.1, 0.15) is 12.5 Å². The summed E-state index contributed by atoms with van der Waals surface area (Å²) >= 11 is 2.97. The monoisotopic (exact) mass is 246 g/mol. The van der Waals surface area contributed by atoms with Gasteiger partial charge in [-0.05, 0) is 13.0 Å². The van der Waals surface area contributed by atoms with Gasteiger partial charge in [-0.3, -0.25) is 4.79 Å². The third-order valence-electron chi connectivity index (χ3n) is 1.78. The Morgan fingerprint density at radius 3 is 2.54 bits per heavy atom. The molecule has 0 aliphatic carbocycles. The van der Waals surface area contributed by atoms with E-state index in [0.717, 1.165) is 0 Å². The van der Waals surface area contributed by atoms with E-state index in [1.54, 1.807) is 6.07 Å². The van der Waals surface area contributed by atoms with Crippen molar-refractivity contribution in [3.05, 3.63) is 35.6 Å². The molecule has 2 nitrogen and oxygen atoms in total. The number of alkyl halides is 1. The summed E-state index contributed by atoms with van der Waals surface area (Å²) in [7, 11) is 0. The number of hydrogen-bond donors (Lipinski definition) is 1. The van der Waals surface area contributed by atoms with Gasteiger partial charge in [0.05, 0.1) is 0 Å². The zero-order chi connectivity index (χ0) is 10.1. The predicted octanol–water partition coefficient (Wildman–Crippen LogP) is 2.52. The molecule has 1 aromatic rings. The van der Waals surface area contributed by atoms with Gasteiger partial charge in [0.1, 0.15) is 10.1 Å². The Bertz CT molecular complexity index is 336. The Hall–Kier alpha value is -0.900. The lowest BCUT2D eigenvalue weighted by Gasteiger charge is -2.17. The molecule has 4 heteroatoms. The number of carboxylic acids is 1. The molecular weight excluding hydrogens is 239 g/mol. The van der Waals surface area contributed by atoms with E-state index in [0.29, 0.717) is 0 Å². The number of carboxylic acid groups (broad SMARTS) is 1. The molecular formula is C9H8BrFO2. The summed E-state index contributed by atoms with van der Waals surface area (Å²) < 4.78 is 11.8. The first-order valence-electron chi connectivity index (χ1n) is 3.63. The van der Waals surface area contributed by atoms with Crippen LogP contribution in [0, 0.1) is 5.82 Å². The van der Waals surface area contributed by atoms with Gasteiger partial charge in [0.2, 0.25) is 0 Å². The van der Waals surface area contributed by atoms with Gasteiger partial charge < -0.3 is 5.11 Å². The van der Waals surface area contributed by atoms with E-state index in [1.807, 2.05) is 0 Å². The average Bonchev–Trinajstić information content (AvgIpc) is 2.04. The van der Waals surface area contributed by atoms with Crippen LogP contribution in [0.2, 0.25) is 0 Å². The molecule has 0 aromatic heterocycles. The van der Waals surface area contributed by atoms with Crippen LogP contribution in [0.4, 0.5) is 4.39 Å². The zero-order valence-electron chi connectivity index (χ0n) is 6.92. The standard InChI is InChI=1S/C9H8BrFO2/c1-9(10,8(12)13)6-4-2-3-5-7(6)11/h2-5H,1H3,(H,12,13). The van der Waals surface area contributed by atoms with Crippen molar-refractivity contribution in [3.63, 3.8) is 0 Å². The van der Waals surface area contributed by atoms with Crippen LogP contribution < -0.4 is 0 Å². The fourth-order valence-electron chi connectivity index (χ4n) is 0.957. The maximum atomic E-state index is 13.2. The van der Waals surface area contributed by atoms with Gasteiger partial charge in [-0.15, -0.1) is 0 Å². The summed E-state index contributed by atoms with van der Waals surface area (Å²) in [5.74, 6) is -1.64. The van der Waals surface area contributed by atoms with E-state index >= 15 is 0 Å². The molecule has 0 heterocycles. The number of halogens is 2. The lowest BCUT2D eigenvalue weighted by atomic mass is 10.0. The molecule has 1 atom stereocenters. The fraction of sp³-hybridized carbons (Fsp3) is 0.222. The van der Waals surface area contributed by atoms with Crippen molar-refractivity contribution in [2.75, 3.05) is 0 Å². The number of hydrogen-bond acceptors (Lipinski definition) is 1. The Morgan fingerprint density at radius 2 is 2.08 bits per heavy atom. The Kier molecular flexibility index (Phi) is 2.71. The highest BCUT2D eigenvalue weighted by molar-refractivity contribution is 9.10. The molecule has 0 radical (unpaired) electrons. The molecule has 0 bridgehead atoms. The molecule has 0 spiro atoms. The molecule has 0 aliphatic rings. The van der Waals surface area contributed by atoms with Crippen LogP contribution in [0.15, 0.2) is 24.3 Å². The quantitative estimate of drug-likeness (QED) is 0.815. The molecule has 13 heavy (non-hydrogen) atoms. The number of aliphatic carboxylic acids is 1. The summed E-state index contributed by atoms with van der Waals surface area (Å²) in [6.45, 7) is 1.40. The Balaban J connectivity index is 3.22. The average molecular weight is 247 g/mol. The van der Waals surface area contributed by atoms with Crippen molar-refractivity contribution in [2.24, 2.45) is 0 Å². The molecule has 0 saturated carbocycles. The highest BCUT2D eigenvalue weighted by Crippen LogP contribution is 2.32. The van der Waals surface area contributed by atoms with Crippen molar-refractivity contribution >= 4 is 21.9 Å². The second-order valence-corrected chi connectivity index (χ2v) is 4.37. The summed E-state index contributed by atoms with van der Waals surface area (Å²) in [4.78, 5) is 10.8. The van der Waals surface area contributed by atoms with Gasteiger partial charge in [-0.1, -0.05) is 34.1 Å². The highest BCUT2D eigenvalue weighted by Gasteiger charge is 2.34.